The molecule has 2 rings (SSSR count). The zero-order valence-corrected chi connectivity index (χ0v) is 11.4. The van der Waals surface area contributed by atoms with E-state index >= 15 is 0 Å². The van der Waals surface area contributed by atoms with Crippen molar-refractivity contribution in [3.8, 4) is 5.75 Å². The first-order valence-electron chi connectivity index (χ1n) is 6.24. The molecule has 4 nitrogen and oxygen atoms in total. The molecule has 1 saturated carbocycles. The molecule has 0 N–H and O–H groups in total. The SMILES string of the molecule is O=[N+]([O-])c1ccc(OCC2(CS)CCCC2)c(F)c1. The van der Waals surface area contributed by atoms with Crippen LogP contribution in [0.4, 0.5) is 10.1 Å². The lowest BCUT2D eigenvalue weighted by Gasteiger charge is -2.26. The zero-order chi connectivity index (χ0) is 13.9. The van der Waals surface area contributed by atoms with Crippen LogP contribution >= 0.6 is 12.6 Å². The summed E-state index contributed by atoms with van der Waals surface area (Å²) < 4.78 is 19.2. The molecule has 0 atom stereocenters. The van der Waals surface area contributed by atoms with Gasteiger partial charge in [0.05, 0.1) is 17.6 Å². The van der Waals surface area contributed by atoms with E-state index in [9.17, 15) is 14.5 Å². The first-order valence-corrected chi connectivity index (χ1v) is 6.87. The second-order valence-corrected chi connectivity index (χ2v) is 5.34. The Balaban J connectivity index is 2.05. The summed E-state index contributed by atoms with van der Waals surface area (Å²) in [6.07, 6.45) is 4.36. The molecule has 1 aromatic carbocycles. The van der Waals surface area contributed by atoms with Crippen molar-refractivity contribution in [2.24, 2.45) is 5.41 Å². The van der Waals surface area contributed by atoms with Crippen LogP contribution in [-0.4, -0.2) is 17.3 Å². The number of non-ortho nitro benzene ring substituents is 1. The first-order chi connectivity index (χ1) is 9.06. The summed E-state index contributed by atoms with van der Waals surface area (Å²) in [5, 5.41) is 10.5. The van der Waals surface area contributed by atoms with Crippen LogP contribution < -0.4 is 4.74 Å². The molecule has 6 heteroatoms. The fourth-order valence-corrected chi connectivity index (χ4v) is 2.83. The number of nitro groups is 1. The smallest absolute Gasteiger partial charge is 0.272 e. The number of thiol groups is 1. The predicted octanol–water partition coefficient (Wildman–Crippen LogP) is 3.60. The highest BCUT2D eigenvalue weighted by Gasteiger charge is 2.33. The van der Waals surface area contributed by atoms with Crippen LogP contribution in [0, 0.1) is 21.3 Å². The maximum Gasteiger partial charge on any atom is 0.272 e. The van der Waals surface area contributed by atoms with Crippen molar-refractivity contribution in [1.29, 1.82) is 0 Å². The predicted molar refractivity (Wildman–Crippen MR) is 73.3 cm³/mol. The Bertz CT molecular complexity index is 475. The molecule has 0 saturated heterocycles. The van der Waals surface area contributed by atoms with Crippen molar-refractivity contribution < 1.29 is 14.1 Å². The quantitative estimate of drug-likeness (QED) is 0.511. The Hall–Kier alpha value is -1.30. The summed E-state index contributed by atoms with van der Waals surface area (Å²) in [5.74, 6) is 0.0851. The van der Waals surface area contributed by atoms with Gasteiger partial charge in [-0.25, -0.2) is 4.39 Å². The van der Waals surface area contributed by atoms with E-state index in [1.807, 2.05) is 0 Å². The summed E-state index contributed by atoms with van der Waals surface area (Å²) >= 11 is 4.35. The molecule has 0 heterocycles. The zero-order valence-electron chi connectivity index (χ0n) is 10.5. The van der Waals surface area contributed by atoms with Crippen LogP contribution in [0.5, 0.6) is 5.75 Å². The molecule has 19 heavy (non-hydrogen) atoms. The molecule has 0 bridgehead atoms. The molecule has 1 aliphatic rings. The summed E-state index contributed by atoms with van der Waals surface area (Å²) in [4.78, 5) is 9.89. The highest BCUT2D eigenvalue weighted by molar-refractivity contribution is 7.80. The molecule has 0 aromatic heterocycles. The fourth-order valence-electron chi connectivity index (χ4n) is 2.42. The van der Waals surface area contributed by atoms with E-state index in [-0.39, 0.29) is 16.9 Å². The lowest BCUT2D eigenvalue weighted by atomic mass is 9.90. The molecule has 1 fully saturated rings. The molecular formula is C13H16FNO3S. The molecule has 0 aliphatic heterocycles. The van der Waals surface area contributed by atoms with Crippen molar-refractivity contribution in [3.63, 3.8) is 0 Å². The topological polar surface area (TPSA) is 52.4 Å². The minimum absolute atomic E-state index is 0.0112. The Labute approximate surface area is 116 Å². The van der Waals surface area contributed by atoms with Crippen LogP contribution in [0.15, 0.2) is 18.2 Å². The molecule has 0 radical (unpaired) electrons. The number of nitrogens with zero attached hydrogens (tertiary/aromatic N) is 1. The Morgan fingerprint density at radius 2 is 2.11 bits per heavy atom. The van der Waals surface area contributed by atoms with Gasteiger partial charge in [-0.1, -0.05) is 12.8 Å². The van der Waals surface area contributed by atoms with E-state index in [4.69, 9.17) is 4.74 Å². The van der Waals surface area contributed by atoms with Crippen molar-refractivity contribution in [2.45, 2.75) is 25.7 Å². The third-order valence-electron chi connectivity index (χ3n) is 3.66. The molecule has 104 valence electrons. The average Bonchev–Trinajstić information content (AvgIpc) is 2.86. The first kappa shape index (κ1) is 14.1. The fraction of sp³-hybridized carbons (Fsp3) is 0.538. The van der Waals surface area contributed by atoms with Crippen LogP contribution in [0.25, 0.3) is 0 Å². The number of nitro benzene ring substituents is 1. The third-order valence-corrected chi connectivity index (χ3v) is 4.33. The van der Waals surface area contributed by atoms with Gasteiger partial charge >= 0.3 is 0 Å². The van der Waals surface area contributed by atoms with Gasteiger partial charge in [0.25, 0.3) is 5.69 Å². The number of hydrogen-bond donors (Lipinski definition) is 1. The van der Waals surface area contributed by atoms with Gasteiger partial charge in [0.1, 0.15) is 0 Å². The van der Waals surface area contributed by atoms with E-state index in [1.54, 1.807) is 0 Å². The summed E-state index contributed by atoms with van der Waals surface area (Å²) in [5.41, 5.74) is -0.258. The highest BCUT2D eigenvalue weighted by atomic mass is 32.1. The normalized spacial score (nSPS) is 17.4. The van der Waals surface area contributed by atoms with Crippen molar-refractivity contribution in [3.05, 3.63) is 34.1 Å². The maximum atomic E-state index is 13.7. The Kier molecular flexibility index (Phi) is 4.29. The standard InChI is InChI=1S/C13H16FNO3S/c14-11-7-10(15(16)17)3-4-12(11)18-8-13(9-19)5-1-2-6-13/h3-4,7,19H,1-2,5-6,8-9H2. The lowest BCUT2D eigenvalue weighted by molar-refractivity contribution is -0.385. The van der Waals surface area contributed by atoms with Gasteiger partial charge in [-0.3, -0.25) is 10.1 Å². The Morgan fingerprint density at radius 1 is 1.42 bits per heavy atom. The maximum absolute atomic E-state index is 13.7. The van der Waals surface area contributed by atoms with Crippen LogP contribution in [-0.2, 0) is 0 Å². The van der Waals surface area contributed by atoms with E-state index < -0.39 is 10.7 Å². The largest absolute Gasteiger partial charge is 0.490 e. The molecule has 0 spiro atoms. The van der Waals surface area contributed by atoms with Gasteiger partial charge in [0.2, 0.25) is 0 Å². The summed E-state index contributed by atoms with van der Waals surface area (Å²) in [7, 11) is 0. The van der Waals surface area contributed by atoms with E-state index in [0.29, 0.717) is 12.4 Å². The monoisotopic (exact) mass is 285 g/mol. The molecule has 0 unspecified atom stereocenters. The van der Waals surface area contributed by atoms with Crippen LogP contribution in [0.1, 0.15) is 25.7 Å². The highest BCUT2D eigenvalue weighted by Crippen LogP contribution is 2.39. The van der Waals surface area contributed by atoms with Crippen molar-refractivity contribution >= 4 is 18.3 Å². The van der Waals surface area contributed by atoms with Crippen LogP contribution in [0.2, 0.25) is 0 Å². The molecule has 1 aliphatic carbocycles. The van der Waals surface area contributed by atoms with E-state index in [0.717, 1.165) is 31.7 Å². The lowest BCUT2D eigenvalue weighted by Crippen LogP contribution is -2.27. The number of ether oxygens (including phenoxy) is 1. The van der Waals surface area contributed by atoms with Gasteiger partial charge in [0, 0.05) is 11.5 Å². The van der Waals surface area contributed by atoms with Gasteiger partial charge in [0.15, 0.2) is 11.6 Å². The average molecular weight is 285 g/mol. The third kappa shape index (κ3) is 3.18. The molecule has 0 amide bonds. The van der Waals surface area contributed by atoms with E-state index in [2.05, 4.69) is 12.6 Å². The van der Waals surface area contributed by atoms with Gasteiger partial charge in [-0.05, 0) is 24.7 Å². The number of hydrogen-bond acceptors (Lipinski definition) is 4. The van der Waals surface area contributed by atoms with Crippen molar-refractivity contribution in [1.82, 2.24) is 0 Å². The van der Waals surface area contributed by atoms with Gasteiger partial charge < -0.3 is 4.74 Å². The number of rotatable bonds is 5. The number of halogens is 1. The second-order valence-electron chi connectivity index (χ2n) is 5.03. The second kappa shape index (κ2) is 5.77. The van der Waals surface area contributed by atoms with Crippen LogP contribution in [0.3, 0.4) is 0 Å². The van der Waals surface area contributed by atoms with E-state index in [1.165, 1.54) is 12.1 Å². The molecule has 1 aromatic rings. The molecular weight excluding hydrogens is 269 g/mol. The Morgan fingerprint density at radius 3 is 2.63 bits per heavy atom. The minimum Gasteiger partial charge on any atom is -0.490 e. The minimum atomic E-state index is -0.693. The van der Waals surface area contributed by atoms with Gasteiger partial charge in [-0.15, -0.1) is 0 Å². The number of benzene rings is 1. The van der Waals surface area contributed by atoms with Crippen molar-refractivity contribution in [2.75, 3.05) is 12.4 Å². The summed E-state index contributed by atoms with van der Waals surface area (Å²) in [6, 6.07) is 3.45. The summed E-state index contributed by atoms with van der Waals surface area (Å²) in [6.45, 7) is 0.408. The van der Waals surface area contributed by atoms with Gasteiger partial charge in [-0.2, -0.15) is 12.6 Å².